The number of rotatable bonds is 5. The van der Waals surface area contributed by atoms with Gasteiger partial charge in [0.2, 0.25) is 0 Å². The summed E-state index contributed by atoms with van der Waals surface area (Å²) >= 11 is 0. The number of carbonyl (C=O) groups is 1. The van der Waals surface area contributed by atoms with E-state index in [4.69, 9.17) is 4.52 Å². The summed E-state index contributed by atoms with van der Waals surface area (Å²) < 4.78 is 5.47. The molecule has 2 aromatic rings. The van der Waals surface area contributed by atoms with Crippen molar-refractivity contribution in [2.45, 2.75) is 51.2 Å². The van der Waals surface area contributed by atoms with Crippen LogP contribution >= 0.6 is 0 Å². The first kappa shape index (κ1) is 18.2. The molecule has 0 aliphatic carbocycles. The van der Waals surface area contributed by atoms with Gasteiger partial charge in [-0.15, -0.1) is 0 Å². The third-order valence-electron chi connectivity index (χ3n) is 5.72. The van der Waals surface area contributed by atoms with Crippen molar-refractivity contribution in [2.24, 2.45) is 0 Å². The largest absolute Gasteiger partial charge is 0.396 e. The molecule has 1 atom stereocenters. The first-order valence-corrected chi connectivity index (χ1v) is 9.91. The van der Waals surface area contributed by atoms with E-state index in [2.05, 4.69) is 34.3 Å². The molecule has 6 heteroatoms. The number of nitrogens with zero attached hydrogens (tertiary/aromatic N) is 3. The maximum absolute atomic E-state index is 12.9. The van der Waals surface area contributed by atoms with Crippen molar-refractivity contribution in [1.82, 2.24) is 15.0 Å². The number of aliphatic hydroxyl groups excluding tert-OH is 1. The number of hydrogen-bond acceptors (Lipinski definition) is 5. The molecular weight excluding hydrogens is 342 g/mol. The van der Waals surface area contributed by atoms with E-state index in [9.17, 15) is 9.90 Å². The fourth-order valence-corrected chi connectivity index (χ4v) is 4.26. The van der Waals surface area contributed by atoms with E-state index < -0.39 is 0 Å². The van der Waals surface area contributed by atoms with Gasteiger partial charge < -0.3 is 14.5 Å². The summed E-state index contributed by atoms with van der Waals surface area (Å²) in [7, 11) is 0. The molecule has 27 heavy (non-hydrogen) atoms. The summed E-state index contributed by atoms with van der Waals surface area (Å²) in [6.45, 7) is 3.37. The Labute approximate surface area is 159 Å². The standard InChI is InChI=1S/C21H27N3O3/c25-12-9-18-7-3-4-10-24(18)21(26)20-13-19(27-22-20)15-23-11-8-16-5-1-2-6-17(16)14-23/h1-2,5-6,13,18,25H,3-4,7-12,14-15H2/t18-/m1/s1. The van der Waals surface area contributed by atoms with Gasteiger partial charge in [-0.1, -0.05) is 29.4 Å². The van der Waals surface area contributed by atoms with E-state index in [0.717, 1.165) is 51.1 Å². The van der Waals surface area contributed by atoms with Gasteiger partial charge in [-0.2, -0.15) is 0 Å². The molecule has 4 rings (SSSR count). The number of fused-ring (bicyclic) bond motifs is 1. The van der Waals surface area contributed by atoms with Crippen molar-refractivity contribution in [2.75, 3.05) is 19.7 Å². The molecule has 1 saturated heterocycles. The van der Waals surface area contributed by atoms with E-state index in [-0.39, 0.29) is 18.6 Å². The van der Waals surface area contributed by atoms with Crippen LogP contribution in [0.5, 0.6) is 0 Å². The Kier molecular flexibility index (Phi) is 5.55. The van der Waals surface area contributed by atoms with E-state index in [1.54, 1.807) is 6.07 Å². The van der Waals surface area contributed by atoms with Crippen molar-refractivity contribution in [3.8, 4) is 0 Å². The first-order chi connectivity index (χ1) is 13.2. The van der Waals surface area contributed by atoms with E-state index in [0.29, 0.717) is 18.7 Å². The number of hydrogen-bond donors (Lipinski definition) is 1. The fraction of sp³-hybridized carbons (Fsp3) is 0.524. The molecule has 0 radical (unpaired) electrons. The second kappa shape index (κ2) is 8.23. The average molecular weight is 369 g/mol. The van der Waals surface area contributed by atoms with Gasteiger partial charge in [0.1, 0.15) is 0 Å². The second-order valence-corrected chi connectivity index (χ2v) is 7.57. The normalized spacial score (nSPS) is 20.5. The van der Waals surface area contributed by atoms with E-state index >= 15 is 0 Å². The quantitative estimate of drug-likeness (QED) is 0.877. The minimum atomic E-state index is -0.0767. The van der Waals surface area contributed by atoms with Crippen LogP contribution in [-0.4, -0.2) is 51.7 Å². The van der Waals surface area contributed by atoms with Crippen LogP contribution in [0, 0.1) is 0 Å². The molecule has 2 aliphatic rings. The van der Waals surface area contributed by atoms with Crippen molar-refractivity contribution >= 4 is 5.91 Å². The zero-order valence-electron chi connectivity index (χ0n) is 15.6. The Morgan fingerprint density at radius 1 is 1.22 bits per heavy atom. The number of benzene rings is 1. The summed E-state index contributed by atoms with van der Waals surface area (Å²) in [6.07, 6.45) is 4.72. The van der Waals surface area contributed by atoms with Crippen molar-refractivity contribution < 1.29 is 14.4 Å². The summed E-state index contributed by atoms with van der Waals surface area (Å²) in [4.78, 5) is 17.0. The number of carbonyl (C=O) groups excluding carboxylic acids is 1. The van der Waals surface area contributed by atoms with Gasteiger partial charge in [-0.05, 0) is 43.2 Å². The van der Waals surface area contributed by atoms with Crippen LogP contribution in [-0.2, 0) is 19.5 Å². The lowest BCUT2D eigenvalue weighted by molar-refractivity contribution is 0.0564. The summed E-state index contributed by atoms with van der Waals surface area (Å²) in [5.74, 6) is 0.653. The lowest BCUT2D eigenvalue weighted by Gasteiger charge is -2.35. The highest BCUT2D eigenvalue weighted by Gasteiger charge is 2.29. The summed E-state index contributed by atoms with van der Waals surface area (Å²) in [6, 6.07) is 10.4. The van der Waals surface area contributed by atoms with Gasteiger partial charge in [-0.25, -0.2) is 0 Å². The SMILES string of the molecule is O=C(c1cc(CN2CCc3ccccc3C2)on1)N1CCCC[C@@H]1CCO. The molecule has 0 bridgehead atoms. The number of likely N-dealkylation sites (tertiary alicyclic amines) is 1. The molecule has 1 aromatic heterocycles. The van der Waals surface area contributed by atoms with Crippen LogP contribution in [0.2, 0.25) is 0 Å². The lowest BCUT2D eigenvalue weighted by Crippen LogP contribution is -2.44. The van der Waals surface area contributed by atoms with Crippen molar-refractivity contribution in [3.05, 3.63) is 52.9 Å². The van der Waals surface area contributed by atoms with E-state index in [1.165, 1.54) is 11.1 Å². The molecular formula is C21H27N3O3. The molecule has 0 unspecified atom stereocenters. The smallest absolute Gasteiger partial charge is 0.276 e. The van der Waals surface area contributed by atoms with Crippen molar-refractivity contribution in [3.63, 3.8) is 0 Å². The highest BCUT2D eigenvalue weighted by atomic mass is 16.5. The Morgan fingerprint density at radius 3 is 2.93 bits per heavy atom. The van der Waals surface area contributed by atoms with Gasteiger partial charge in [0, 0.05) is 38.3 Å². The third kappa shape index (κ3) is 4.06. The van der Waals surface area contributed by atoms with Gasteiger partial charge in [-0.3, -0.25) is 9.69 Å². The molecule has 6 nitrogen and oxygen atoms in total. The lowest BCUT2D eigenvalue weighted by atomic mass is 9.99. The zero-order chi connectivity index (χ0) is 18.6. The topological polar surface area (TPSA) is 69.8 Å². The first-order valence-electron chi connectivity index (χ1n) is 9.91. The number of aromatic nitrogens is 1. The van der Waals surface area contributed by atoms with Gasteiger partial charge in [0.15, 0.2) is 11.5 Å². The van der Waals surface area contributed by atoms with Gasteiger partial charge in [0.25, 0.3) is 5.91 Å². The maximum Gasteiger partial charge on any atom is 0.276 e. The predicted octanol–water partition coefficient (Wildman–Crippen LogP) is 2.61. The van der Waals surface area contributed by atoms with Crippen LogP contribution in [0.3, 0.4) is 0 Å². The molecule has 144 valence electrons. The zero-order valence-corrected chi connectivity index (χ0v) is 15.6. The van der Waals surface area contributed by atoms with Crippen LogP contribution in [0.25, 0.3) is 0 Å². The Morgan fingerprint density at radius 2 is 2.07 bits per heavy atom. The van der Waals surface area contributed by atoms with Gasteiger partial charge >= 0.3 is 0 Å². The monoisotopic (exact) mass is 369 g/mol. The van der Waals surface area contributed by atoms with Crippen molar-refractivity contribution in [1.29, 1.82) is 0 Å². The van der Waals surface area contributed by atoms with Crippen LogP contribution in [0.4, 0.5) is 0 Å². The molecule has 1 fully saturated rings. The molecule has 3 heterocycles. The fourth-order valence-electron chi connectivity index (χ4n) is 4.26. The Bertz CT molecular complexity index is 786. The number of piperidine rings is 1. The summed E-state index contributed by atoms with van der Waals surface area (Å²) in [5, 5.41) is 13.3. The summed E-state index contributed by atoms with van der Waals surface area (Å²) in [5.41, 5.74) is 3.16. The number of amides is 1. The van der Waals surface area contributed by atoms with E-state index in [1.807, 2.05) is 4.90 Å². The maximum atomic E-state index is 12.9. The predicted molar refractivity (Wildman–Crippen MR) is 101 cm³/mol. The molecule has 2 aliphatic heterocycles. The van der Waals surface area contributed by atoms with Crippen LogP contribution in [0.15, 0.2) is 34.9 Å². The van der Waals surface area contributed by atoms with Crippen LogP contribution < -0.4 is 0 Å². The average Bonchev–Trinajstić information content (AvgIpc) is 3.16. The second-order valence-electron chi connectivity index (χ2n) is 7.57. The molecule has 1 N–H and O–H groups in total. The Hall–Kier alpha value is -2.18. The molecule has 0 saturated carbocycles. The highest BCUT2D eigenvalue weighted by molar-refractivity contribution is 5.92. The molecule has 0 spiro atoms. The minimum Gasteiger partial charge on any atom is -0.396 e. The minimum absolute atomic E-state index is 0.0767. The molecule has 1 amide bonds. The number of aliphatic hydroxyl groups is 1. The molecule has 1 aromatic carbocycles. The highest BCUT2D eigenvalue weighted by Crippen LogP contribution is 2.23. The third-order valence-corrected chi connectivity index (χ3v) is 5.72. The van der Waals surface area contributed by atoms with Crippen LogP contribution in [0.1, 0.15) is 53.1 Å². The van der Waals surface area contributed by atoms with Gasteiger partial charge in [0.05, 0.1) is 6.54 Å². The Balaban J connectivity index is 1.40.